The molecular formula is C11H15N3O. The summed E-state index contributed by atoms with van der Waals surface area (Å²) in [4.78, 5) is 14.6. The molecule has 4 nitrogen and oxygen atoms in total. The molecule has 0 spiro atoms. The number of hydrogen-bond acceptors (Lipinski definition) is 2. The van der Waals surface area contributed by atoms with Crippen molar-refractivity contribution in [1.29, 1.82) is 0 Å². The second-order valence-corrected chi connectivity index (χ2v) is 4.68. The van der Waals surface area contributed by atoms with Gasteiger partial charge in [-0.25, -0.2) is 4.79 Å². The van der Waals surface area contributed by atoms with Gasteiger partial charge >= 0.3 is 5.69 Å². The molecular weight excluding hydrogens is 190 g/mol. The lowest BCUT2D eigenvalue weighted by Gasteiger charge is -2.20. The summed E-state index contributed by atoms with van der Waals surface area (Å²) < 4.78 is 1.72. The van der Waals surface area contributed by atoms with E-state index in [4.69, 9.17) is 5.73 Å². The van der Waals surface area contributed by atoms with Gasteiger partial charge in [0.1, 0.15) is 0 Å². The second kappa shape index (κ2) is 2.89. The van der Waals surface area contributed by atoms with Crippen LogP contribution in [0.5, 0.6) is 0 Å². The fourth-order valence-corrected chi connectivity index (χ4v) is 1.82. The number of nitrogens with two attached hydrogens (primary N) is 1. The highest BCUT2D eigenvalue weighted by Crippen LogP contribution is 2.22. The minimum Gasteiger partial charge on any atom is -0.397 e. The number of H-pyrrole nitrogens is 1. The molecule has 0 atom stereocenters. The van der Waals surface area contributed by atoms with Crippen molar-refractivity contribution in [2.24, 2.45) is 0 Å². The van der Waals surface area contributed by atoms with Gasteiger partial charge in [0.05, 0.1) is 16.7 Å². The molecule has 0 aliphatic heterocycles. The highest BCUT2D eigenvalue weighted by molar-refractivity contribution is 5.87. The van der Waals surface area contributed by atoms with E-state index >= 15 is 0 Å². The van der Waals surface area contributed by atoms with Gasteiger partial charge in [-0.15, -0.1) is 0 Å². The first-order valence-electron chi connectivity index (χ1n) is 4.91. The average molecular weight is 205 g/mol. The van der Waals surface area contributed by atoms with E-state index in [1.165, 1.54) is 0 Å². The first-order valence-corrected chi connectivity index (χ1v) is 4.91. The number of rotatable bonds is 0. The fraction of sp³-hybridized carbons (Fsp3) is 0.364. The molecule has 1 aromatic heterocycles. The van der Waals surface area contributed by atoms with Crippen molar-refractivity contribution in [2.45, 2.75) is 26.3 Å². The van der Waals surface area contributed by atoms with Crippen LogP contribution in [0.15, 0.2) is 23.0 Å². The highest BCUT2D eigenvalue weighted by Gasteiger charge is 2.19. The van der Waals surface area contributed by atoms with Crippen LogP contribution in [-0.4, -0.2) is 9.55 Å². The molecule has 3 N–H and O–H groups in total. The van der Waals surface area contributed by atoms with E-state index in [0.29, 0.717) is 5.69 Å². The van der Waals surface area contributed by atoms with Gasteiger partial charge in [0.15, 0.2) is 0 Å². The molecule has 80 valence electrons. The molecule has 1 heterocycles. The smallest absolute Gasteiger partial charge is 0.327 e. The Morgan fingerprint density at radius 3 is 2.60 bits per heavy atom. The zero-order valence-corrected chi connectivity index (χ0v) is 9.16. The van der Waals surface area contributed by atoms with Gasteiger partial charge in [0.2, 0.25) is 0 Å². The molecule has 0 fully saturated rings. The maximum Gasteiger partial charge on any atom is 0.327 e. The van der Waals surface area contributed by atoms with Crippen LogP contribution in [0.25, 0.3) is 11.0 Å². The number of imidazole rings is 1. The maximum atomic E-state index is 11.8. The SMILES string of the molecule is CC(C)(C)n1c(=O)[nH]c2c(N)cccc21. The van der Waals surface area contributed by atoms with Gasteiger partial charge in [-0.2, -0.15) is 0 Å². The Kier molecular flexibility index (Phi) is 1.89. The molecule has 2 rings (SSSR count). The average Bonchev–Trinajstić information content (AvgIpc) is 2.41. The minimum atomic E-state index is -0.247. The quantitative estimate of drug-likeness (QED) is 0.642. The number of nitrogen functional groups attached to an aromatic ring is 1. The normalized spacial score (nSPS) is 12.2. The van der Waals surface area contributed by atoms with Crippen LogP contribution in [-0.2, 0) is 5.54 Å². The van der Waals surface area contributed by atoms with Crippen molar-refractivity contribution in [3.8, 4) is 0 Å². The highest BCUT2D eigenvalue weighted by atomic mass is 16.1. The number of benzene rings is 1. The first-order chi connectivity index (χ1) is 6.91. The van der Waals surface area contributed by atoms with E-state index in [2.05, 4.69) is 4.98 Å². The Morgan fingerprint density at radius 2 is 2.00 bits per heavy atom. The lowest BCUT2D eigenvalue weighted by molar-refractivity contribution is 0.397. The second-order valence-electron chi connectivity index (χ2n) is 4.68. The van der Waals surface area contributed by atoms with Gasteiger partial charge in [-0.3, -0.25) is 4.57 Å². The summed E-state index contributed by atoms with van der Waals surface area (Å²) in [7, 11) is 0. The Balaban J connectivity index is 2.92. The van der Waals surface area contributed by atoms with E-state index in [1.54, 1.807) is 10.6 Å². The van der Waals surface area contributed by atoms with Crippen molar-refractivity contribution in [1.82, 2.24) is 9.55 Å². The van der Waals surface area contributed by atoms with E-state index in [1.807, 2.05) is 32.9 Å². The number of para-hydroxylation sites is 1. The van der Waals surface area contributed by atoms with Crippen LogP contribution in [0.2, 0.25) is 0 Å². The Hall–Kier alpha value is -1.71. The van der Waals surface area contributed by atoms with E-state index in [0.717, 1.165) is 11.0 Å². The third-order valence-electron chi connectivity index (χ3n) is 2.42. The van der Waals surface area contributed by atoms with Crippen molar-refractivity contribution in [3.63, 3.8) is 0 Å². The summed E-state index contributed by atoms with van der Waals surface area (Å²) in [5, 5.41) is 0. The largest absolute Gasteiger partial charge is 0.397 e. The molecule has 1 aromatic carbocycles. The van der Waals surface area contributed by atoms with Crippen LogP contribution < -0.4 is 11.4 Å². The van der Waals surface area contributed by atoms with Crippen molar-refractivity contribution < 1.29 is 0 Å². The number of hydrogen-bond donors (Lipinski definition) is 2. The summed E-state index contributed by atoms with van der Waals surface area (Å²) in [5.74, 6) is 0. The molecule has 0 radical (unpaired) electrons. The number of aromatic amines is 1. The number of fused-ring (bicyclic) bond motifs is 1. The molecule has 2 aromatic rings. The molecule has 0 saturated carbocycles. The van der Waals surface area contributed by atoms with Crippen LogP contribution in [0, 0.1) is 0 Å². The van der Waals surface area contributed by atoms with Crippen LogP contribution in [0.1, 0.15) is 20.8 Å². The number of nitrogens with one attached hydrogen (secondary N) is 1. The summed E-state index contributed by atoms with van der Waals surface area (Å²) in [5.41, 5.74) is 7.61. The summed E-state index contributed by atoms with van der Waals surface area (Å²) in [6, 6.07) is 5.54. The van der Waals surface area contributed by atoms with Gasteiger partial charge in [0.25, 0.3) is 0 Å². The van der Waals surface area contributed by atoms with Gasteiger partial charge in [-0.1, -0.05) is 6.07 Å². The summed E-state index contributed by atoms with van der Waals surface area (Å²) in [6.45, 7) is 5.97. The molecule has 4 heteroatoms. The Labute approximate surface area is 87.7 Å². The van der Waals surface area contributed by atoms with E-state index in [9.17, 15) is 4.79 Å². The zero-order chi connectivity index (χ0) is 11.2. The molecule has 0 amide bonds. The third-order valence-corrected chi connectivity index (χ3v) is 2.42. The lowest BCUT2D eigenvalue weighted by Crippen LogP contribution is -2.31. The lowest BCUT2D eigenvalue weighted by atomic mass is 10.1. The predicted octanol–water partition coefficient (Wildman–Crippen LogP) is 1.67. The summed E-state index contributed by atoms with van der Waals surface area (Å²) >= 11 is 0. The Bertz CT molecular complexity index is 557. The number of anilines is 1. The predicted molar refractivity (Wildman–Crippen MR) is 62.0 cm³/mol. The van der Waals surface area contributed by atoms with Gasteiger partial charge < -0.3 is 10.7 Å². The minimum absolute atomic E-state index is 0.115. The van der Waals surface area contributed by atoms with E-state index < -0.39 is 0 Å². The molecule has 0 aliphatic carbocycles. The summed E-state index contributed by atoms with van der Waals surface area (Å²) in [6.07, 6.45) is 0. The maximum absolute atomic E-state index is 11.8. The van der Waals surface area contributed by atoms with Crippen molar-refractivity contribution >= 4 is 16.7 Å². The number of aromatic nitrogens is 2. The van der Waals surface area contributed by atoms with Crippen molar-refractivity contribution in [3.05, 3.63) is 28.7 Å². The number of nitrogens with zero attached hydrogens (tertiary/aromatic N) is 1. The molecule has 0 unspecified atom stereocenters. The van der Waals surface area contributed by atoms with Gasteiger partial charge in [0, 0.05) is 5.54 Å². The van der Waals surface area contributed by atoms with Crippen LogP contribution in [0.3, 0.4) is 0 Å². The molecule has 0 aliphatic rings. The third kappa shape index (κ3) is 1.42. The van der Waals surface area contributed by atoms with Crippen LogP contribution >= 0.6 is 0 Å². The van der Waals surface area contributed by atoms with Gasteiger partial charge in [-0.05, 0) is 32.9 Å². The van der Waals surface area contributed by atoms with E-state index in [-0.39, 0.29) is 11.2 Å². The first kappa shape index (κ1) is 9.83. The standard InChI is InChI=1S/C11H15N3O/c1-11(2,3)14-8-6-4-5-7(12)9(8)13-10(14)15/h4-6H,12H2,1-3H3,(H,13,15). The topological polar surface area (TPSA) is 63.8 Å². The molecule has 0 saturated heterocycles. The van der Waals surface area contributed by atoms with Crippen molar-refractivity contribution in [2.75, 3.05) is 5.73 Å². The monoisotopic (exact) mass is 205 g/mol. The van der Waals surface area contributed by atoms with Crippen LogP contribution in [0.4, 0.5) is 5.69 Å². The molecule has 0 bridgehead atoms. The Morgan fingerprint density at radius 1 is 1.33 bits per heavy atom. The zero-order valence-electron chi connectivity index (χ0n) is 9.16. The fourth-order valence-electron chi connectivity index (χ4n) is 1.82. The molecule has 15 heavy (non-hydrogen) atoms.